The van der Waals surface area contributed by atoms with Crippen molar-refractivity contribution in [3.63, 3.8) is 0 Å². The molecule has 0 atom stereocenters. The average Bonchev–Trinajstić information content (AvgIpc) is 2.40. The molecule has 0 heterocycles. The SMILES string of the molecule is Cc1ccc(C(=O)OCc2ccccc2F)cc1F. The summed E-state index contributed by atoms with van der Waals surface area (Å²) in [6.07, 6.45) is 0. The lowest BCUT2D eigenvalue weighted by molar-refractivity contribution is 0.0468. The maximum Gasteiger partial charge on any atom is 0.338 e. The van der Waals surface area contributed by atoms with Crippen molar-refractivity contribution in [2.24, 2.45) is 0 Å². The Bertz CT molecular complexity index is 609. The van der Waals surface area contributed by atoms with E-state index in [2.05, 4.69) is 0 Å². The minimum Gasteiger partial charge on any atom is -0.457 e. The van der Waals surface area contributed by atoms with E-state index in [1.165, 1.54) is 24.3 Å². The van der Waals surface area contributed by atoms with E-state index in [9.17, 15) is 13.6 Å². The number of carbonyl (C=O) groups is 1. The summed E-state index contributed by atoms with van der Waals surface area (Å²) in [5, 5.41) is 0. The van der Waals surface area contributed by atoms with Gasteiger partial charge in [-0.05, 0) is 30.7 Å². The molecule has 0 saturated heterocycles. The zero-order valence-electron chi connectivity index (χ0n) is 10.3. The first-order valence-corrected chi connectivity index (χ1v) is 5.74. The number of halogens is 2. The number of esters is 1. The van der Waals surface area contributed by atoms with Crippen LogP contribution >= 0.6 is 0 Å². The van der Waals surface area contributed by atoms with E-state index in [1.54, 1.807) is 19.1 Å². The maximum atomic E-state index is 13.3. The monoisotopic (exact) mass is 262 g/mol. The van der Waals surface area contributed by atoms with E-state index in [0.717, 1.165) is 6.07 Å². The van der Waals surface area contributed by atoms with Crippen molar-refractivity contribution in [1.29, 1.82) is 0 Å². The van der Waals surface area contributed by atoms with Crippen molar-refractivity contribution >= 4 is 5.97 Å². The molecular weight excluding hydrogens is 250 g/mol. The van der Waals surface area contributed by atoms with E-state index < -0.39 is 17.6 Å². The molecule has 0 aliphatic heterocycles. The van der Waals surface area contributed by atoms with Gasteiger partial charge in [0.25, 0.3) is 0 Å². The molecule has 0 N–H and O–H groups in total. The molecule has 2 rings (SSSR count). The van der Waals surface area contributed by atoms with Crippen LogP contribution in [0.4, 0.5) is 8.78 Å². The van der Waals surface area contributed by atoms with Gasteiger partial charge in [-0.1, -0.05) is 24.3 Å². The number of hydrogen-bond donors (Lipinski definition) is 0. The quantitative estimate of drug-likeness (QED) is 0.789. The van der Waals surface area contributed by atoms with Crippen LogP contribution in [0.1, 0.15) is 21.5 Å². The number of ether oxygens (including phenoxy) is 1. The molecule has 0 saturated carbocycles. The largest absolute Gasteiger partial charge is 0.457 e. The fourth-order valence-electron chi connectivity index (χ4n) is 1.56. The van der Waals surface area contributed by atoms with Gasteiger partial charge >= 0.3 is 5.97 Å². The van der Waals surface area contributed by atoms with Gasteiger partial charge in [-0.3, -0.25) is 0 Å². The summed E-state index contributed by atoms with van der Waals surface area (Å²) in [7, 11) is 0. The first-order valence-electron chi connectivity index (χ1n) is 5.74. The highest BCUT2D eigenvalue weighted by Gasteiger charge is 2.10. The number of benzene rings is 2. The lowest BCUT2D eigenvalue weighted by Crippen LogP contribution is -2.06. The van der Waals surface area contributed by atoms with E-state index in [-0.39, 0.29) is 17.7 Å². The summed E-state index contributed by atoms with van der Waals surface area (Å²) in [5.74, 6) is -1.59. The van der Waals surface area contributed by atoms with Crippen LogP contribution in [0.2, 0.25) is 0 Å². The zero-order chi connectivity index (χ0) is 13.8. The normalized spacial score (nSPS) is 10.3. The number of hydrogen-bond acceptors (Lipinski definition) is 2. The Morgan fingerprint density at radius 1 is 1.11 bits per heavy atom. The molecular formula is C15H12F2O2. The van der Waals surface area contributed by atoms with Crippen molar-refractivity contribution in [2.45, 2.75) is 13.5 Å². The molecule has 0 bridgehead atoms. The minimum atomic E-state index is -0.679. The standard InChI is InChI=1S/C15H12F2O2/c1-10-6-7-11(8-14(10)17)15(18)19-9-12-4-2-3-5-13(12)16/h2-8H,9H2,1H3. The third-order valence-corrected chi connectivity index (χ3v) is 2.72. The second kappa shape index (κ2) is 5.61. The van der Waals surface area contributed by atoms with Crippen molar-refractivity contribution in [3.05, 3.63) is 70.8 Å². The first-order chi connectivity index (χ1) is 9.08. The highest BCUT2D eigenvalue weighted by atomic mass is 19.1. The van der Waals surface area contributed by atoms with Crippen LogP contribution in [0.5, 0.6) is 0 Å². The van der Waals surface area contributed by atoms with Gasteiger partial charge in [0, 0.05) is 5.56 Å². The van der Waals surface area contributed by atoms with Crippen molar-refractivity contribution in [1.82, 2.24) is 0 Å². The van der Waals surface area contributed by atoms with E-state index in [4.69, 9.17) is 4.74 Å². The summed E-state index contributed by atoms with van der Waals surface area (Å²) >= 11 is 0. The summed E-state index contributed by atoms with van der Waals surface area (Å²) in [6, 6.07) is 10.1. The summed E-state index contributed by atoms with van der Waals surface area (Å²) in [6.45, 7) is 1.42. The topological polar surface area (TPSA) is 26.3 Å². The van der Waals surface area contributed by atoms with E-state index >= 15 is 0 Å². The second-order valence-electron chi connectivity index (χ2n) is 4.13. The fraction of sp³-hybridized carbons (Fsp3) is 0.133. The van der Waals surface area contributed by atoms with Crippen LogP contribution < -0.4 is 0 Å². The highest BCUT2D eigenvalue weighted by Crippen LogP contribution is 2.12. The van der Waals surface area contributed by atoms with Crippen LogP contribution in [-0.4, -0.2) is 5.97 Å². The lowest BCUT2D eigenvalue weighted by Gasteiger charge is -2.06. The highest BCUT2D eigenvalue weighted by molar-refractivity contribution is 5.89. The molecule has 4 heteroatoms. The first kappa shape index (κ1) is 13.2. The number of carbonyl (C=O) groups excluding carboxylic acids is 1. The molecule has 98 valence electrons. The van der Waals surface area contributed by atoms with E-state index in [1.807, 2.05) is 0 Å². The Labute approximate surface area is 109 Å². The van der Waals surface area contributed by atoms with Crippen molar-refractivity contribution < 1.29 is 18.3 Å². The molecule has 2 nitrogen and oxygen atoms in total. The van der Waals surface area contributed by atoms with E-state index in [0.29, 0.717) is 5.56 Å². The number of rotatable bonds is 3. The minimum absolute atomic E-state index is 0.111. The fourth-order valence-corrected chi connectivity index (χ4v) is 1.56. The molecule has 0 amide bonds. The zero-order valence-corrected chi connectivity index (χ0v) is 10.3. The molecule has 2 aromatic rings. The Hall–Kier alpha value is -2.23. The number of aryl methyl sites for hydroxylation is 1. The summed E-state index contributed by atoms with van der Waals surface area (Å²) in [4.78, 5) is 11.7. The van der Waals surface area contributed by atoms with Crippen molar-refractivity contribution in [3.8, 4) is 0 Å². The molecule has 0 aromatic heterocycles. The van der Waals surface area contributed by atoms with Gasteiger partial charge in [0.15, 0.2) is 0 Å². The Kier molecular flexibility index (Phi) is 3.90. The molecule has 0 aliphatic rings. The molecule has 2 aromatic carbocycles. The molecule has 19 heavy (non-hydrogen) atoms. The summed E-state index contributed by atoms with van der Waals surface area (Å²) < 4.78 is 31.6. The average molecular weight is 262 g/mol. The Morgan fingerprint density at radius 2 is 1.84 bits per heavy atom. The van der Waals surface area contributed by atoms with Crippen LogP contribution in [0.15, 0.2) is 42.5 Å². The van der Waals surface area contributed by atoms with Gasteiger partial charge in [0.05, 0.1) is 5.56 Å². The predicted molar refractivity (Wildman–Crippen MR) is 66.7 cm³/mol. The smallest absolute Gasteiger partial charge is 0.338 e. The summed E-state index contributed by atoms with van der Waals surface area (Å²) in [5.41, 5.74) is 0.841. The van der Waals surface area contributed by atoms with Crippen LogP contribution in [0.25, 0.3) is 0 Å². The van der Waals surface area contributed by atoms with Crippen LogP contribution in [0, 0.1) is 18.6 Å². The van der Waals surface area contributed by atoms with Gasteiger partial charge in [0.2, 0.25) is 0 Å². The predicted octanol–water partition coefficient (Wildman–Crippen LogP) is 3.63. The lowest BCUT2D eigenvalue weighted by atomic mass is 10.1. The Balaban J connectivity index is 2.05. The molecule has 0 radical (unpaired) electrons. The third-order valence-electron chi connectivity index (χ3n) is 2.72. The van der Waals surface area contributed by atoms with Crippen LogP contribution in [-0.2, 0) is 11.3 Å². The van der Waals surface area contributed by atoms with Gasteiger partial charge in [-0.25, -0.2) is 13.6 Å². The molecule has 0 aliphatic carbocycles. The third kappa shape index (κ3) is 3.16. The molecule has 0 unspecified atom stereocenters. The van der Waals surface area contributed by atoms with Gasteiger partial charge in [-0.2, -0.15) is 0 Å². The van der Waals surface area contributed by atoms with Crippen LogP contribution in [0.3, 0.4) is 0 Å². The second-order valence-corrected chi connectivity index (χ2v) is 4.13. The van der Waals surface area contributed by atoms with Gasteiger partial charge in [0.1, 0.15) is 18.2 Å². The van der Waals surface area contributed by atoms with Crippen molar-refractivity contribution in [2.75, 3.05) is 0 Å². The molecule has 0 fully saturated rings. The van der Waals surface area contributed by atoms with Gasteiger partial charge < -0.3 is 4.74 Å². The molecule has 0 spiro atoms. The van der Waals surface area contributed by atoms with Gasteiger partial charge in [-0.15, -0.1) is 0 Å². The maximum absolute atomic E-state index is 13.3. The Morgan fingerprint density at radius 3 is 2.53 bits per heavy atom.